The van der Waals surface area contributed by atoms with Gasteiger partial charge in [-0.2, -0.15) is 0 Å². The highest BCUT2D eigenvalue weighted by Crippen LogP contribution is 2.15. The summed E-state index contributed by atoms with van der Waals surface area (Å²) in [6.45, 7) is 4.51. The van der Waals surface area contributed by atoms with Crippen molar-refractivity contribution in [2.75, 3.05) is 47.5 Å². The standard InChI is InChI=1S/C49H85NO8/c1-6-8-10-12-14-16-18-20-22-23-24-26-27-29-31-33-35-37-39-46(51)56-43-45(44-57-49(48(53)54)55-42-41-50(3,4)5)58-47(52)40-38-36-34-32-30-28-25-21-19-17-15-13-11-9-7-2/h9,11,15,17,21,25,30,32,36,38,45,49H,6-8,10,12-14,16,18-20,22-24,26-29,31,33-35,37,39-44H2,1-5H3/b11-9-,17-15-,25-21-,32-30-,38-36-. The first-order chi connectivity index (χ1) is 28.1. The van der Waals surface area contributed by atoms with Gasteiger partial charge < -0.3 is 33.3 Å². The van der Waals surface area contributed by atoms with Crippen molar-refractivity contribution in [1.29, 1.82) is 0 Å². The van der Waals surface area contributed by atoms with Crippen LogP contribution in [0.3, 0.4) is 0 Å². The summed E-state index contributed by atoms with van der Waals surface area (Å²) >= 11 is 0. The van der Waals surface area contributed by atoms with Gasteiger partial charge in [-0.3, -0.25) is 9.59 Å². The maximum absolute atomic E-state index is 12.7. The summed E-state index contributed by atoms with van der Waals surface area (Å²) in [5, 5.41) is 11.7. The Hall–Kier alpha value is -3.01. The largest absolute Gasteiger partial charge is 0.545 e. The summed E-state index contributed by atoms with van der Waals surface area (Å²) < 4.78 is 22.4. The van der Waals surface area contributed by atoms with Crippen molar-refractivity contribution in [2.45, 2.75) is 187 Å². The van der Waals surface area contributed by atoms with Crippen molar-refractivity contribution >= 4 is 17.9 Å². The van der Waals surface area contributed by atoms with Crippen molar-refractivity contribution < 1.29 is 42.9 Å². The number of esters is 2. The lowest BCUT2D eigenvalue weighted by molar-refractivity contribution is -0.870. The molecule has 0 aromatic rings. The molecule has 9 nitrogen and oxygen atoms in total. The molecular weight excluding hydrogens is 731 g/mol. The Bertz CT molecular complexity index is 1140. The van der Waals surface area contributed by atoms with E-state index in [1.54, 1.807) is 6.08 Å². The lowest BCUT2D eigenvalue weighted by Crippen LogP contribution is -2.44. The van der Waals surface area contributed by atoms with Crippen molar-refractivity contribution in [3.05, 3.63) is 60.8 Å². The molecule has 2 atom stereocenters. The van der Waals surface area contributed by atoms with Crippen LogP contribution in [-0.4, -0.2) is 82.3 Å². The number of rotatable bonds is 41. The van der Waals surface area contributed by atoms with E-state index in [4.69, 9.17) is 18.9 Å². The number of carboxylic acid groups (broad SMARTS) is 1. The van der Waals surface area contributed by atoms with E-state index in [0.717, 1.165) is 44.9 Å². The average molecular weight is 816 g/mol. The quantitative estimate of drug-likeness (QED) is 0.0197. The molecular formula is C49H85NO8. The molecule has 2 unspecified atom stereocenters. The smallest absolute Gasteiger partial charge is 0.310 e. The molecule has 0 fully saturated rings. The van der Waals surface area contributed by atoms with Crippen molar-refractivity contribution in [3.8, 4) is 0 Å². The number of carboxylic acids is 1. The number of allylic oxidation sites excluding steroid dienone is 9. The maximum atomic E-state index is 12.7. The Morgan fingerprint density at radius 1 is 0.534 bits per heavy atom. The van der Waals surface area contributed by atoms with Crippen LogP contribution >= 0.6 is 0 Å². The molecule has 0 spiro atoms. The van der Waals surface area contributed by atoms with Gasteiger partial charge in [-0.05, 0) is 38.5 Å². The number of quaternary nitrogens is 1. The summed E-state index contributed by atoms with van der Waals surface area (Å²) in [4.78, 5) is 36.9. The van der Waals surface area contributed by atoms with E-state index in [1.807, 2.05) is 33.3 Å². The number of ether oxygens (including phenoxy) is 4. The zero-order valence-corrected chi connectivity index (χ0v) is 37.6. The van der Waals surface area contributed by atoms with Crippen LogP contribution in [0.4, 0.5) is 0 Å². The highest BCUT2D eigenvalue weighted by atomic mass is 16.7. The first kappa shape index (κ1) is 55.0. The molecule has 0 aromatic carbocycles. The molecule has 0 N–H and O–H groups in total. The molecule has 0 aliphatic rings. The van der Waals surface area contributed by atoms with Gasteiger partial charge in [0.2, 0.25) is 0 Å². The second kappa shape index (κ2) is 40.8. The monoisotopic (exact) mass is 816 g/mol. The molecule has 0 aromatic heterocycles. The highest BCUT2D eigenvalue weighted by molar-refractivity contribution is 5.71. The van der Waals surface area contributed by atoms with E-state index in [9.17, 15) is 19.5 Å². The maximum Gasteiger partial charge on any atom is 0.310 e. The minimum atomic E-state index is -1.64. The van der Waals surface area contributed by atoms with Gasteiger partial charge in [-0.1, -0.05) is 184 Å². The van der Waals surface area contributed by atoms with Gasteiger partial charge in [0, 0.05) is 6.42 Å². The van der Waals surface area contributed by atoms with E-state index < -0.39 is 24.3 Å². The van der Waals surface area contributed by atoms with Gasteiger partial charge in [0.1, 0.15) is 13.2 Å². The van der Waals surface area contributed by atoms with Gasteiger partial charge >= 0.3 is 11.9 Å². The third-order valence-corrected chi connectivity index (χ3v) is 9.56. The van der Waals surface area contributed by atoms with Crippen LogP contribution in [0.15, 0.2) is 60.8 Å². The Morgan fingerprint density at radius 2 is 0.966 bits per heavy atom. The van der Waals surface area contributed by atoms with Crippen LogP contribution in [0, 0.1) is 0 Å². The molecule has 58 heavy (non-hydrogen) atoms. The number of unbranched alkanes of at least 4 members (excludes halogenated alkanes) is 17. The first-order valence-corrected chi connectivity index (χ1v) is 22.9. The molecule has 0 bridgehead atoms. The van der Waals surface area contributed by atoms with Gasteiger partial charge in [0.05, 0.1) is 46.7 Å². The van der Waals surface area contributed by atoms with E-state index >= 15 is 0 Å². The minimum Gasteiger partial charge on any atom is -0.545 e. The molecule has 334 valence electrons. The second-order valence-electron chi connectivity index (χ2n) is 16.3. The van der Waals surface area contributed by atoms with Gasteiger partial charge in [-0.15, -0.1) is 0 Å². The van der Waals surface area contributed by atoms with Gasteiger partial charge in [0.25, 0.3) is 0 Å². The predicted octanol–water partition coefficient (Wildman–Crippen LogP) is 10.8. The minimum absolute atomic E-state index is 0.0151. The van der Waals surface area contributed by atoms with Crippen molar-refractivity contribution in [2.24, 2.45) is 0 Å². The summed E-state index contributed by atoms with van der Waals surface area (Å²) in [6.07, 6.45) is 45.7. The number of likely N-dealkylation sites (N-methyl/N-ethyl adjacent to an activating group) is 1. The van der Waals surface area contributed by atoms with Crippen LogP contribution < -0.4 is 5.11 Å². The molecule has 0 aliphatic heterocycles. The van der Waals surface area contributed by atoms with E-state index in [0.29, 0.717) is 17.4 Å². The van der Waals surface area contributed by atoms with Crippen LogP contribution in [0.2, 0.25) is 0 Å². The Labute approximate surface area is 355 Å². The van der Waals surface area contributed by atoms with E-state index in [2.05, 4.69) is 56.4 Å². The van der Waals surface area contributed by atoms with Crippen LogP contribution in [0.25, 0.3) is 0 Å². The zero-order chi connectivity index (χ0) is 42.8. The highest BCUT2D eigenvalue weighted by Gasteiger charge is 2.21. The lowest BCUT2D eigenvalue weighted by atomic mass is 10.0. The lowest BCUT2D eigenvalue weighted by Gasteiger charge is -2.26. The third kappa shape index (κ3) is 41.2. The summed E-state index contributed by atoms with van der Waals surface area (Å²) in [5.41, 5.74) is 0. The number of nitrogens with zero attached hydrogens (tertiary/aromatic N) is 1. The molecule has 0 amide bonds. The molecule has 0 aliphatic carbocycles. The SMILES string of the molecule is CC/C=C\C/C=C\C/C=C\C/C=C\C/C=C\CC(=O)OC(COC(=O)CCCCCCCCCCCCCCCCCCCC)COC(OCC[N+](C)(C)C)C(=O)[O-]. The van der Waals surface area contributed by atoms with E-state index in [1.165, 1.54) is 96.3 Å². The fourth-order valence-electron chi connectivity index (χ4n) is 6.02. The number of hydrogen-bond acceptors (Lipinski definition) is 8. The summed E-state index contributed by atoms with van der Waals surface area (Å²) in [7, 11) is 5.88. The normalized spacial score (nSPS) is 13.5. The Balaban J connectivity index is 4.51. The topological polar surface area (TPSA) is 111 Å². The zero-order valence-electron chi connectivity index (χ0n) is 37.6. The predicted molar refractivity (Wildman–Crippen MR) is 237 cm³/mol. The average Bonchev–Trinajstić information content (AvgIpc) is 3.18. The number of carbonyl (C=O) groups excluding carboxylic acids is 3. The van der Waals surface area contributed by atoms with Crippen LogP contribution in [0.1, 0.15) is 174 Å². The fourth-order valence-corrected chi connectivity index (χ4v) is 6.02. The van der Waals surface area contributed by atoms with Crippen molar-refractivity contribution in [3.63, 3.8) is 0 Å². The second-order valence-corrected chi connectivity index (χ2v) is 16.3. The van der Waals surface area contributed by atoms with E-state index in [-0.39, 0.29) is 38.6 Å². The molecule has 0 rings (SSSR count). The molecule has 0 saturated heterocycles. The van der Waals surface area contributed by atoms with Gasteiger partial charge in [-0.25, -0.2) is 0 Å². The van der Waals surface area contributed by atoms with Gasteiger partial charge in [0.15, 0.2) is 12.4 Å². The van der Waals surface area contributed by atoms with Crippen LogP contribution in [-0.2, 0) is 33.3 Å². The Kier molecular flexibility index (Phi) is 38.6. The fraction of sp³-hybridized carbons (Fsp3) is 0.735. The molecule has 0 saturated carbocycles. The first-order valence-electron chi connectivity index (χ1n) is 22.9. The summed E-state index contributed by atoms with van der Waals surface area (Å²) in [6, 6.07) is 0. The molecule has 0 radical (unpaired) electrons. The Morgan fingerprint density at radius 3 is 1.40 bits per heavy atom. The summed E-state index contributed by atoms with van der Waals surface area (Å²) in [5.74, 6) is -2.45. The molecule has 9 heteroatoms. The number of aliphatic carboxylic acids is 1. The number of hydrogen-bond donors (Lipinski definition) is 0. The third-order valence-electron chi connectivity index (χ3n) is 9.56. The number of carbonyl (C=O) groups is 3. The van der Waals surface area contributed by atoms with Crippen LogP contribution in [0.5, 0.6) is 0 Å². The van der Waals surface area contributed by atoms with Crippen molar-refractivity contribution in [1.82, 2.24) is 0 Å². The molecule has 0 heterocycles.